The number of carbonyl (C=O) groups excluding carboxylic acids is 1. The van der Waals surface area contributed by atoms with E-state index in [-0.39, 0.29) is 28.7 Å². The number of carbonyl (C=O) groups is 1. The number of halogens is 4. The standard InChI is InChI=1S/C21H18ClF3N4O3/c22-16-9-12(5-6-18(16)32-21(23,24)25)27-19(30)10-17-14-3-1-2-4-15(14)20(31)29(28-17)13-7-8-26-11-13/h1-6,9,13,26H,7-8,10-11H2,(H,27,30). The Morgan fingerprint density at radius 1 is 1.25 bits per heavy atom. The summed E-state index contributed by atoms with van der Waals surface area (Å²) in [6.07, 6.45) is -4.26. The van der Waals surface area contributed by atoms with Gasteiger partial charge >= 0.3 is 6.36 Å². The highest BCUT2D eigenvalue weighted by atomic mass is 35.5. The molecule has 7 nitrogen and oxygen atoms in total. The van der Waals surface area contributed by atoms with Crippen LogP contribution in [0.5, 0.6) is 5.75 Å². The molecule has 0 bridgehead atoms. The van der Waals surface area contributed by atoms with E-state index in [2.05, 4.69) is 20.5 Å². The minimum atomic E-state index is -4.88. The summed E-state index contributed by atoms with van der Waals surface area (Å²) in [5, 5.41) is 11.0. The van der Waals surface area contributed by atoms with Gasteiger partial charge in [-0.1, -0.05) is 29.8 Å². The minimum absolute atomic E-state index is 0.103. The Kier molecular flexibility index (Phi) is 6.07. The van der Waals surface area contributed by atoms with E-state index < -0.39 is 18.0 Å². The second-order valence-electron chi connectivity index (χ2n) is 7.31. The molecule has 3 aromatic rings. The summed E-state index contributed by atoms with van der Waals surface area (Å²) in [4.78, 5) is 25.5. The number of alkyl halides is 3. The average Bonchev–Trinajstić information content (AvgIpc) is 3.26. The van der Waals surface area contributed by atoms with Crippen molar-refractivity contribution in [2.24, 2.45) is 0 Å². The minimum Gasteiger partial charge on any atom is -0.404 e. The van der Waals surface area contributed by atoms with Gasteiger partial charge < -0.3 is 15.4 Å². The van der Waals surface area contributed by atoms with Crippen LogP contribution in [0.2, 0.25) is 5.02 Å². The molecule has 0 saturated carbocycles. The van der Waals surface area contributed by atoms with Gasteiger partial charge in [0.2, 0.25) is 5.91 Å². The number of fused-ring (bicyclic) bond motifs is 1. The first-order valence-corrected chi connectivity index (χ1v) is 10.2. The third-order valence-electron chi connectivity index (χ3n) is 5.05. The van der Waals surface area contributed by atoms with Crippen molar-refractivity contribution in [2.75, 3.05) is 18.4 Å². The summed E-state index contributed by atoms with van der Waals surface area (Å²) in [7, 11) is 0. The maximum Gasteiger partial charge on any atom is 0.573 e. The van der Waals surface area contributed by atoms with Gasteiger partial charge in [0.05, 0.1) is 28.6 Å². The van der Waals surface area contributed by atoms with Crippen molar-refractivity contribution in [2.45, 2.75) is 25.2 Å². The quantitative estimate of drug-likeness (QED) is 0.599. The molecule has 1 aromatic heterocycles. The molecule has 1 aliphatic heterocycles. The fourth-order valence-corrected chi connectivity index (χ4v) is 3.86. The Labute approximate surface area is 185 Å². The van der Waals surface area contributed by atoms with Gasteiger partial charge in [-0.25, -0.2) is 4.68 Å². The molecule has 32 heavy (non-hydrogen) atoms. The normalized spacial score (nSPS) is 16.3. The van der Waals surface area contributed by atoms with Gasteiger partial charge in [0, 0.05) is 17.6 Å². The van der Waals surface area contributed by atoms with Gasteiger partial charge in [0.1, 0.15) is 5.75 Å². The number of nitrogens with zero attached hydrogens (tertiary/aromatic N) is 2. The van der Waals surface area contributed by atoms with Crippen LogP contribution in [0, 0.1) is 0 Å². The monoisotopic (exact) mass is 466 g/mol. The van der Waals surface area contributed by atoms with E-state index in [9.17, 15) is 22.8 Å². The molecule has 0 radical (unpaired) electrons. The molecular weight excluding hydrogens is 449 g/mol. The fourth-order valence-electron chi connectivity index (χ4n) is 3.64. The van der Waals surface area contributed by atoms with Gasteiger partial charge in [0.15, 0.2) is 0 Å². The van der Waals surface area contributed by atoms with E-state index in [0.717, 1.165) is 25.1 Å². The van der Waals surface area contributed by atoms with Gasteiger partial charge in [-0.05, 0) is 37.2 Å². The van der Waals surface area contributed by atoms with Crippen LogP contribution in [0.4, 0.5) is 18.9 Å². The molecule has 2 N–H and O–H groups in total. The first-order valence-electron chi connectivity index (χ1n) is 9.77. The number of ether oxygens (including phenoxy) is 1. The summed E-state index contributed by atoms with van der Waals surface area (Å²) in [6.45, 7) is 1.39. The zero-order chi connectivity index (χ0) is 22.9. The Balaban J connectivity index is 1.58. The highest BCUT2D eigenvalue weighted by molar-refractivity contribution is 6.32. The van der Waals surface area contributed by atoms with Crippen molar-refractivity contribution in [1.29, 1.82) is 0 Å². The number of aromatic nitrogens is 2. The van der Waals surface area contributed by atoms with E-state index in [4.69, 9.17) is 11.6 Å². The molecule has 0 spiro atoms. The SMILES string of the molecule is O=C(Cc1nn(C2CCNC2)c(=O)c2ccccc12)Nc1ccc(OC(F)(F)F)c(Cl)c1. The second kappa shape index (κ2) is 8.79. The lowest BCUT2D eigenvalue weighted by atomic mass is 10.1. The maximum atomic E-state index is 12.9. The Hall–Kier alpha value is -3.11. The first kappa shape index (κ1) is 22.1. The van der Waals surface area contributed by atoms with Crippen molar-refractivity contribution in [3.05, 3.63) is 63.5 Å². The predicted molar refractivity (Wildman–Crippen MR) is 113 cm³/mol. The number of nitrogens with one attached hydrogen (secondary N) is 2. The molecule has 1 saturated heterocycles. The number of hydrogen-bond acceptors (Lipinski definition) is 5. The van der Waals surface area contributed by atoms with Gasteiger partial charge in [-0.3, -0.25) is 9.59 Å². The largest absolute Gasteiger partial charge is 0.573 e. The second-order valence-corrected chi connectivity index (χ2v) is 7.71. The topological polar surface area (TPSA) is 85.2 Å². The lowest BCUT2D eigenvalue weighted by Gasteiger charge is -2.15. The van der Waals surface area contributed by atoms with Crippen LogP contribution in [0.15, 0.2) is 47.3 Å². The van der Waals surface area contributed by atoms with Gasteiger partial charge in [-0.15, -0.1) is 13.2 Å². The highest BCUT2D eigenvalue weighted by Crippen LogP contribution is 2.32. The van der Waals surface area contributed by atoms with Gasteiger partial charge in [0.25, 0.3) is 5.56 Å². The molecule has 1 aliphatic rings. The predicted octanol–water partition coefficient (Wildman–Crippen LogP) is 3.66. The summed E-state index contributed by atoms with van der Waals surface area (Å²) in [5.41, 5.74) is 0.408. The number of benzene rings is 2. The molecule has 0 aliphatic carbocycles. The summed E-state index contributed by atoms with van der Waals surface area (Å²) >= 11 is 5.84. The van der Waals surface area contributed by atoms with E-state index in [1.807, 2.05) is 0 Å². The van der Waals surface area contributed by atoms with E-state index >= 15 is 0 Å². The van der Waals surface area contributed by atoms with E-state index in [1.165, 1.54) is 10.7 Å². The van der Waals surface area contributed by atoms with Crippen LogP contribution in [0.25, 0.3) is 10.8 Å². The summed E-state index contributed by atoms with van der Waals surface area (Å²) in [6, 6.07) is 10.3. The summed E-state index contributed by atoms with van der Waals surface area (Å²) in [5.74, 6) is -1.03. The van der Waals surface area contributed by atoms with E-state index in [0.29, 0.717) is 23.0 Å². The van der Waals surface area contributed by atoms with Crippen LogP contribution in [-0.2, 0) is 11.2 Å². The van der Waals surface area contributed by atoms with E-state index in [1.54, 1.807) is 24.3 Å². The Morgan fingerprint density at radius 2 is 2.00 bits per heavy atom. The number of hydrogen-bond donors (Lipinski definition) is 2. The molecule has 4 rings (SSSR count). The molecule has 2 aromatic carbocycles. The van der Waals surface area contributed by atoms with Crippen LogP contribution in [-0.4, -0.2) is 35.1 Å². The maximum absolute atomic E-state index is 12.9. The Bertz CT molecular complexity index is 1220. The molecular formula is C21H18ClF3N4O3. The van der Waals surface area contributed by atoms with Crippen LogP contribution in [0.3, 0.4) is 0 Å². The third-order valence-corrected chi connectivity index (χ3v) is 5.35. The van der Waals surface area contributed by atoms with Crippen molar-refractivity contribution in [3.63, 3.8) is 0 Å². The lowest BCUT2D eigenvalue weighted by Crippen LogP contribution is -2.30. The van der Waals surface area contributed by atoms with Crippen LogP contribution < -0.4 is 20.9 Å². The summed E-state index contributed by atoms with van der Waals surface area (Å²) < 4.78 is 42.4. The van der Waals surface area contributed by atoms with Crippen LogP contribution in [0.1, 0.15) is 18.2 Å². The van der Waals surface area contributed by atoms with Crippen molar-refractivity contribution in [3.8, 4) is 5.75 Å². The number of rotatable bonds is 5. The first-order chi connectivity index (χ1) is 15.2. The average molecular weight is 467 g/mol. The molecule has 1 unspecified atom stereocenters. The number of anilines is 1. The molecule has 1 atom stereocenters. The van der Waals surface area contributed by atoms with Gasteiger partial charge in [-0.2, -0.15) is 5.10 Å². The van der Waals surface area contributed by atoms with Crippen molar-refractivity contribution in [1.82, 2.24) is 15.1 Å². The highest BCUT2D eigenvalue weighted by Gasteiger charge is 2.32. The molecule has 168 valence electrons. The van der Waals surface area contributed by atoms with Crippen molar-refractivity contribution >= 4 is 34.0 Å². The number of amides is 1. The molecule has 1 amide bonds. The van der Waals surface area contributed by atoms with Crippen LogP contribution >= 0.6 is 11.6 Å². The molecule has 1 fully saturated rings. The fraction of sp³-hybridized carbons (Fsp3) is 0.286. The zero-order valence-electron chi connectivity index (χ0n) is 16.6. The molecule has 2 heterocycles. The Morgan fingerprint density at radius 3 is 2.66 bits per heavy atom. The zero-order valence-corrected chi connectivity index (χ0v) is 17.3. The smallest absolute Gasteiger partial charge is 0.404 e. The molecule has 11 heteroatoms. The lowest BCUT2D eigenvalue weighted by molar-refractivity contribution is -0.274. The van der Waals surface area contributed by atoms with Crippen molar-refractivity contribution < 1.29 is 22.7 Å². The third kappa shape index (κ3) is 4.86.